The van der Waals surface area contributed by atoms with Gasteiger partial charge in [-0.3, -0.25) is 4.79 Å². The van der Waals surface area contributed by atoms with Crippen molar-refractivity contribution in [2.45, 2.75) is 26.4 Å². The lowest BCUT2D eigenvalue weighted by Gasteiger charge is -2.10. The summed E-state index contributed by atoms with van der Waals surface area (Å²) in [5.74, 6) is -1.50. The second-order valence-corrected chi connectivity index (χ2v) is 3.95. The molecule has 16 heavy (non-hydrogen) atoms. The van der Waals surface area contributed by atoms with Crippen LogP contribution < -0.4 is 0 Å². The van der Waals surface area contributed by atoms with Crippen molar-refractivity contribution in [2.24, 2.45) is 5.92 Å². The molecule has 3 nitrogen and oxygen atoms in total. The molecule has 1 rings (SSSR count). The van der Waals surface area contributed by atoms with Gasteiger partial charge in [0.2, 0.25) is 0 Å². The quantitative estimate of drug-likeness (QED) is 0.829. The van der Waals surface area contributed by atoms with Gasteiger partial charge in [-0.05, 0) is 31.0 Å². The van der Waals surface area contributed by atoms with Crippen LogP contribution in [-0.2, 0) is 11.2 Å². The minimum Gasteiger partial charge on any atom is -0.508 e. The molecule has 0 aliphatic rings. The molecule has 88 valence electrons. The van der Waals surface area contributed by atoms with Gasteiger partial charge in [-0.15, -0.1) is 0 Å². The molecular formula is C12H15FO3. The van der Waals surface area contributed by atoms with Crippen LogP contribution in [0.1, 0.15) is 31.1 Å². The summed E-state index contributed by atoms with van der Waals surface area (Å²) in [7, 11) is 0. The number of rotatable bonds is 4. The number of phenols is 1. The van der Waals surface area contributed by atoms with Gasteiger partial charge in [-0.2, -0.15) is 0 Å². The number of phenolic OH excluding ortho intramolecular Hbond substituents is 1. The van der Waals surface area contributed by atoms with Crippen LogP contribution in [-0.4, -0.2) is 16.2 Å². The maximum Gasteiger partial charge on any atom is 0.306 e. The molecule has 0 heterocycles. The molecule has 0 aromatic heterocycles. The van der Waals surface area contributed by atoms with Crippen LogP contribution in [0.5, 0.6) is 5.75 Å². The average molecular weight is 226 g/mol. The standard InChI is InChI=1S/C12H15FO3/c1-7(12(15)16)5-9-3-4-11(14)10(6-9)8(2)13/h3-4,6-8,14H,5H2,1-2H3,(H,15,16). The number of halogens is 1. The number of benzene rings is 1. The Morgan fingerprint density at radius 1 is 1.44 bits per heavy atom. The summed E-state index contributed by atoms with van der Waals surface area (Å²) in [6.45, 7) is 2.92. The highest BCUT2D eigenvalue weighted by molar-refractivity contribution is 5.69. The van der Waals surface area contributed by atoms with Gasteiger partial charge < -0.3 is 10.2 Å². The molecule has 1 aromatic rings. The zero-order chi connectivity index (χ0) is 12.3. The fourth-order valence-electron chi connectivity index (χ4n) is 1.49. The molecular weight excluding hydrogens is 211 g/mol. The van der Waals surface area contributed by atoms with E-state index in [1.54, 1.807) is 13.0 Å². The van der Waals surface area contributed by atoms with Crippen LogP contribution in [0.2, 0.25) is 0 Å². The molecule has 2 N–H and O–H groups in total. The van der Waals surface area contributed by atoms with Gasteiger partial charge >= 0.3 is 5.97 Å². The Balaban J connectivity index is 2.91. The van der Waals surface area contributed by atoms with Gasteiger partial charge in [0.1, 0.15) is 11.9 Å². The highest BCUT2D eigenvalue weighted by atomic mass is 19.1. The number of hydrogen-bond acceptors (Lipinski definition) is 2. The highest BCUT2D eigenvalue weighted by Crippen LogP contribution is 2.28. The lowest BCUT2D eigenvalue weighted by Crippen LogP contribution is -2.12. The first-order valence-electron chi connectivity index (χ1n) is 5.10. The molecule has 0 radical (unpaired) electrons. The molecule has 2 atom stereocenters. The minimum absolute atomic E-state index is 0.0956. The summed E-state index contributed by atoms with van der Waals surface area (Å²) in [5.41, 5.74) is 0.919. The van der Waals surface area contributed by atoms with E-state index in [4.69, 9.17) is 5.11 Å². The molecule has 0 aliphatic carbocycles. The number of aliphatic carboxylic acids is 1. The summed E-state index contributed by atoms with van der Waals surface area (Å²) in [5, 5.41) is 18.1. The first-order chi connectivity index (χ1) is 7.41. The van der Waals surface area contributed by atoms with E-state index >= 15 is 0 Å². The number of carboxylic acid groups (broad SMARTS) is 1. The van der Waals surface area contributed by atoms with E-state index < -0.39 is 18.1 Å². The molecule has 0 saturated heterocycles. The Labute approximate surface area is 93.5 Å². The number of carboxylic acids is 1. The Bertz CT molecular complexity index is 388. The molecule has 0 spiro atoms. The maximum atomic E-state index is 13.1. The normalized spacial score (nSPS) is 14.4. The third-order valence-corrected chi connectivity index (χ3v) is 2.48. The maximum absolute atomic E-state index is 13.1. The Morgan fingerprint density at radius 2 is 2.06 bits per heavy atom. The van der Waals surface area contributed by atoms with E-state index in [-0.39, 0.29) is 11.3 Å². The number of alkyl halides is 1. The molecule has 0 saturated carbocycles. The highest BCUT2D eigenvalue weighted by Gasteiger charge is 2.14. The molecule has 4 heteroatoms. The zero-order valence-corrected chi connectivity index (χ0v) is 9.27. The van der Waals surface area contributed by atoms with E-state index in [2.05, 4.69) is 0 Å². The number of hydrogen-bond donors (Lipinski definition) is 2. The zero-order valence-electron chi connectivity index (χ0n) is 9.27. The summed E-state index contributed by atoms with van der Waals surface area (Å²) in [6, 6.07) is 4.52. The van der Waals surface area contributed by atoms with Gasteiger partial charge in [-0.1, -0.05) is 13.0 Å². The molecule has 2 unspecified atom stereocenters. The van der Waals surface area contributed by atoms with E-state index in [1.807, 2.05) is 0 Å². The van der Waals surface area contributed by atoms with Crippen LogP contribution in [0.4, 0.5) is 4.39 Å². The van der Waals surface area contributed by atoms with Crippen molar-refractivity contribution in [3.8, 4) is 5.75 Å². The Hall–Kier alpha value is -1.58. The van der Waals surface area contributed by atoms with Crippen molar-refractivity contribution >= 4 is 5.97 Å². The van der Waals surface area contributed by atoms with Crippen molar-refractivity contribution < 1.29 is 19.4 Å². The fraction of sp³-hybridized carbons (Fsp3) is 0.417. The van der Waals surface area contributed by atoms with Crippen molar-refractivity contribution in [2.75, 3.05) is 0 Å². The van der Waals surface area contributed by atoms with E-state index in [0.717, 1.165) is 0 Å². The van der Waals surface area contributed by atoms with Gasteiger partial charge in [0.15, 0.2) is 0 Å². The van der Waals surface area contributed by atoms with Gasteiger partial charge in [0.25, 0.3) is 0 Å². The largest absolute Gasteiger partial charge is 0.508 e. The van der Waals surface area contributed by atoms with Gasteiger partial charge in [0, 0.05) is 5.56 Å². The summed E-state index contributed by atoms with van der Waals surface area (Å²) < 4.78 is 13.1. The van der Waals surface area contributed by atoms with Crippen molar-refractivity contribution in [3.63, 3.8) is 0 Å². The topological polar surface area (TPSA) is 57.5 Å². The second-order valence-electron chi connectivity index (χ2n) is 3.95. The van der Waals surface area contributed by atoms with E-state index in [1.165, 1.54) is 19.1 Å². The smallest absolute Gasteiger partial charge is 0.306 e. The molecule has 0 bridgehead atoms. The summed E-state index contributed by atoms with van der Waals surface area (Å²) >= 11 is 0. The monoisotopic (exact) mass is 226 g/mol. The summed E-state index contributed by atoms with van der Waals surface area (Å²) in [6.07, 6.45) is -0.935. The average Bonchev–Trinajstić information content (AvgIpc) is 2.20. The predicted octanol–water partition coefficient (Wildman–Crippen LogP) is 2.69. The lowest BCUT2D eigenvalue weighted by atomic mass is 9.98. The third-order valence-electron chi connectivity index (χ3n) is 2.48. The SMILES string of the molecule is CC(Cc1ccc(O)c(C(C)F)c1)C(=O)O. The van der Waals surface area contributed by atoms with Gasteiger partial charge in [0.05, 0.1) is 5.92 Å². The second kappa shape index (κ2) is 4.96. The van der Waals surface area contributed by atoms with Gasteiger partial charge in [-0.25, -0.2) is 4.39 Å². The summed E-state index contributed by atoms with van der Waals surface area (Å²) in [4.78, 5) is 10.7. The Morgan fingerprint density at radius 3 is 2.56 bits per heavy atom. The lowest BCUT2D eigenvalue weighted by molar-refractivity contribution is -0.141. The van der Waals surface area contributed by atoms with Crippen molar-refractivity contribution in [3.05, 3.63) is 29.3 Å². The minimum atomic E-state index is -1.26. The molecule has 1 aromatic carbocycles. The van der Waals surface area contributed by atoms with Crippen LogP contribution in [0.15, 0.2) is 18.2 Å². The van der Waals surface area contributed by atoms with E-state index in [0.29, 0.717) is 12.0 Å². The molecule has 0 aliphatic heterocycles. The predicted molar refractivity (Wildman–Crippen MR) is 58.1 cm³/mol. The number of aromatic hydroxyl groups is 1. The Kier molecular flexibility index (Phi) is 3.88. The first-order valence-corrected chi connectivity index (χ1v) is 5.10. The van der Waals surface area contributed by atoms with Crippen molar-refractivity contribution in [1.82, 2.24) is 0 Å². The van der Waals surface area contributed by atoms with Crippen LogP contribution in [0.3, 0.4) is 0 Å². The molecule has 0 amide bonds. The van der Waals surface area contributed by atoms with E-state index in [9.17, 15) is 14.3 Å². The van der Waals surface area contributed by atoms with Crippen LogP contribution >= 0.6 is 0 Å². The third kappa shape index (κ3) is 2.95. The first kappa shape index (κ1) is 12.5. The number of carbonyl (C=O) groups is 1. The molecule has 0 fully saturated rings. The van der Waals surface area contributed by atoms with Crippen LogP contribution in [0.25, 0.3) is 0 Å². The van der Waals surface area contributed by atoms with Crippen molar-refractivity contribution in [1.29, 1.82) is 0 Å². The fourth-order valence-corrected chi connectivity index (χ4v) is 1.49. The van der Waals surface area contributed by atoms with Crippen LogP contribution in [0, 0.1) is 5.92 Å².